The standard InChI is InChI=1S/C11H12NO2/c1-2-6-12-11(14)10-5-3-4-9(7-10)8-13/h3-5,7-8H,1-2,6H2,(H,12,14). The first kappa shape index (κ1) is 10.4. The smallest absolute Gasteiger partial charge is 0.251 e. The summed E-state index contributed by atoms with van der Waals surface area (Å²) in [5, 5.41) is 2.68. The number of amides is 1. The molecule has 0 aliphatic carbocycles. The van der Waals surface area contributed by atoms with Crippen molar-refractivity contribution in [3.05, 3.63) is 42.3 Å². The number of hydrogen-bond acceptors (Lipinski definition) is 2. The number of nitrogens with one attached hydrogen (secondary N) is 1. The Kier molecular flexibility index (Phi) is 3.85. The Bertz CT molecular complexity index is 334. The highest BCUT2D eigenvalue weighted by molar-refractivity contribution is 5.95. The molecule has 0 spiro atoms. The summed E-state index contributed by atoms with van der Waals surface area (Å²) in [6.45, 7) is 4.16. The van der Waals surface area contributed by atoms with E-state index in [0.717, 1.165) is 6.29 Å². The molecule has 0 aliphatic heterocycles. The Hall–Kier alpha value is -1.64. The van der Waals surface area contributed by atoms with Gasteiger partial charge in [0.15, 0.2) is 0 Å². The van der Waals surface area contributed by atoms with Crippen molar-refractivity contribution in [2.75, 3.05) is 6.54 Å². The monoisotopic (exact) mass is 190 g/mol. The summed E-state index contributed by atoms with van der Waals surface area (Å²) in [5.41, 5.74) is 1.01. The Morgan fingerprint density at radius 1 is 1.50 bits per heavy atom. The van der Waals surface area contributed by atoms with Gasteiger partial charge in [0.05, 0.1) is 0 Å². The lowest BCUT2D eigenvalue weighted by Gasteiger charge is -2.03. The van der Waals surface area contributed by atoms with Gasteiger partial charge in [0.25, 0.3) is 5.91 Å². The Labute approximate surface area is 83.1 Å². The van der Waals surface area contributed by atoms with E-state index in [1.807, 2.05) is 0 Å². The third-order valence-electron chi connectivity index (χ3n) is 1.75. The Morgan fingerprint density at radius 3 is 2.93 bits per heavy atom. The van der Waals surface area contributed by atoms with Gasteiger partial charge in [-0.3, -0.25) is 9.59 Å². The van der Waals surface area contributed by atoms with Gasteiger partial charge in [-0.15, -0.1) is 0 Å². The molecule has 1 radical (unpaired) electrons. The lowest BCUT2D eigenvalue weighted by molar-refractivity contribution is 0.0954. The zero-order chi connectivity index (χ0) is 10.4. The van der Waals surface area contributed by atoms with E-state index in [4.69, 9.17) is 0 Å². The van der Waals surface area contributed by atoms with Crippen LogP contribution in [0.1, 0.15) is 27.1 Å². The minimum Gasteiger partial charge on any atom is -0.352 e. The van der Waals surface area contributed by atoms with Crippen LogP contribution in [0.3, 0.4) is 0 Å². The second-order valence-corrected chi connectivity index (χ2v) is 2.85. The molecule has 1 N–H and O–H groups in total. The Morgan fingerprint density at radius 2 is 2.29 bits per heavy atom. The maximum absolute atomic E-state index is 11.4. The highest BCUT2D eigenvalue weighted by Crippen LogP contribution is 2.02. The summed E-state index contributed by atoms with van der Waals surface area (Å²) in [6, 6.07) is 6.57. The van der Waals surface area contributed by atoms with Crippen molar-refractivity contribution < 1.29 is 9.59 Å². The second kappa shape index (κ2) is 5.17. The molecule has 0 saturated carbocycles. The van der Waals surface area contributed by atoms with E-state index in [1.165, 1.54) is 0 Å². The van der Waals surface area contributed by atoms with Gasteiger partial charge in [-0.1, -0.05) is 19.1 Å². The molecule has 0 fully saturated rings. The average Bonchev–Trinajstić information content (AvgIpc) is 2.26. The van der Waals surface area contributed by atoms with Crippen LogP contribution in [0.25, 0.3) is 0 Å². The molecule has 0 heterocycles. The van der Waals surface area contributed by atoms with Crippen molar-refractivity contribution in [3.8, 4) is 0 Å². The Balaban J connectivity index is 2.74. The van der Waals surface area contributed by atoms with Crippen molar-refractivity contribution in [1.29, 1.82) is 0 Å². The first-order valence-electron chi connectivity index (χ1n) is 4.40. The molecule has 3 nitrogen and oxygen atoms in total. The third-order valence-corrected chi connectivity index (χ3v) is 1.75. The van der Waals surface area contributed by atoms with Crippen LogP contribution < -0.4 is 5.32 Å². The molecule has 1 aromatic carbocycles. The first-order chi connectivity index (χ1) is 6.77. The molecule has 1 amide bonds. The quantitative estimate of drug-likeness (QED) is 0.730. The van der Waals surface area contributed by atoms with Crippen LogP contribution in [0.2, 0.25) is 0 Å². The van der Waals surface area contributed by atoms with Gasteiger partial charge in [-0.2, -0.15) is 0 Å². The molecule has 1 aromatic rings. The van der Waals surface area contributed by atoms with Gasteiger partial charge in [-0.25, -0.2) is 0 Å². The molecule has 14 heavy (non-hydrogen) atoms. The van der Waals surface area contributed by atoms with Crippen molar-refractivity contribution in [2.45, 2.75) is 6.42 Å². The fraction of sp³-hybridized carbons (Fsp3) is 0.182. The minimum atomic E-state index is -0.169. The first-order valence-corrected chi connectivity index (χ1v) is 4.40. The van der Waals surface area contributed by atoms with Crippen LogP contribution in [0.15, 0.2) is 24.3 Å². The van der Waals surface area contributed by atoms with E-state index in [9.17, 15) is 9.59 Å². The van der Waals surface area contributed by atoms with Gasteiger partial charge < -0.3 is 5.32 Å². The number of benzene rings is 1. The molecule has 3 heteroatoms. The summed E-state index contributed by atoms with van der Waals surface area (Å²) >= 11 is 0. The summed E-state index contributed by atoms with van der Waals surface area (Å²) < 4.78 is 0. The normalized spacial score (nSPS) is 9.50. The molecule has 1 rings (SSSR count). The van der Waals surface area contributed by atoms with E-state index in [2.05, 4.69) is 12.2 Å². The topological polar surface area (TPSA) is 46.2 Å². The van der Waals surface area contributed by atoms with Crippen molar-refractivity contribution in [2.24, 2.45) is 0 Å². The van der Waals surface area contributed by atoms with Gasteiger partial charge >= 0.3 is 0 Å². The number of rotatable bonds is 4. The predicted octanol–water partition coefficient (Wildman–Crippen LogP) is 1.45. The molecule has 0 aliphatic rings. The van der Waals surface area contributed by atoms with Crippen LogP contribution in [0, 0.1) is 6.92 Å². The third kappa shape index (κ3) is 2.69. The van der Waals surface area contributed by atoms with Crippen LogP contribution in [0.4, 0.5) is 0 Å². The van der Waals surface area contributed by atoms with E-state index in [1.54, 1.807) is 24.3 Å². The molecule has 73 valence electrons. The molecule has 0 aromatic heterocycles. The zero-order valence-corrected chi connectivity index (χ0v) is 7.82. The molecule has 0 bridgehead atoms. The predicted molar refractivity (Wildman–Crippen MR) is 54.1 cm³/mol. The number of hydrogen-bond donors (Lipinski definition) is 1. The van der Waals surface area contributed by atoms with Gasteiger partial charge in [0, 0.05) is 17.7 Å². The average molecular weight is 190 g/mol. The second-order valence-electron chi connectivity index (χ2n) is 2.85. The van der Waals surface area contributed by atoms with Crippen molar-refractivity contribution >= 4 is 12.2 Å². The molecular formula is C11H12NO2. The van der Waals surface area contributed by atoms with E-state index in [-0.39, 0.29) is 5.91 Å². The van der Waals surface area contributed by atoms with Crippen LogP contribution in [-0.2, 0) is 0 Å². The maximum Gasteiger partial charge on any atom is 0.251 e. The molecule has 0 saturated heterocycles. The zero-order valence-electron chi connectivity index (χ0n) is 7.82. The number of aldehydes is 1. The molecular weight excluding hydrogens is 178 g/mol. The molecule has 0 atom stereocenters. The lowest BCUT2D eigenvalue weighted by Crippen LogP contribution is -2.23. The van der Waals surface area contributed by atoms with E-state index in [0.29, 0.717) is 24.1 Å². The van der Waals surface area contributed by atoms with Gasteiger partial charge in [0.2, 0.25) is 0 Å². The number of carbonyl (C=O) groups is 2. The maximum atomic E-state index is 11.4. The number of carbonyl (C=O) groups excluding carboxylic acids is 2. The van der Waals surface area contributed by atoms with Crippen LogP contribution >= 0.6 is 0 Å². The van der Waals surface area contributed by atoms with E-state index < -0.39 is 0 Å². The summed E-state index contributed by atoms with van der Waals surface area (Å²) in [6.07, 6.45) is 1.37. The van der Waals surface area contributed by atoms with Crippen LogP contribution in [0.5, 0.6) is 0 Å². The fourth-order valence-electron chi connectivity index (χ4n) is 1.06. The SMILES string of the molecule is [CH2]CCNC(=O)c1cccc(C=O)c1. The summed E-state index contributed by atoms with van der Waals surface area (Å²) in [4.78, 5) is 21.9. The molecule has 0 unspecified atom stereocenters. The summed E-state index contributed by atoms with van der Waals surface area (Å²) in [7, 11) is 0. The highest BCUT2D eigenvalue weighted by Gasteiger charge is 2.03. The summed E-state index contributed by atoms with van der Waals surface area (Å²) in [5.74, 6) is -0.169. The van der Waals surface area contributed by atoms with Gasteiger partial charge in [0.1, 0.15) is 6.29 Å². The van der Waals surface area contributed by atoms with E-state index >= 15 is 0 Å². The van der Waals surface area contributed by atoms with Crippen molar-refractivity contribution in [3.63, 3.8) is 0 Å². The van der Waals surface area contributed by atoms with Crippen molar-refractivity contribution in [1.82, 2.24) is 5.32 Å². The highest BCUT2D eigenvalue weighted by atomic mass is 16.1. The lowest BCUT2D eigenvalue weighted by atomic mass is 10.1. The largest absolute Gasteiger partial charge is 0.352 e. The minimum absolute atomic E-state index is 0.169. The van der Waals surface area contributed by atoms with Gasteiger partial charge in [-0.05, 0) is 18.6 Å². The fourth-order valence-corrected chi connectivity index (χ4v) is 1.06. The van der Waals surface area contributed by atoms with Crippen LogP contribution in [-0.4, -0.2) is 18.7 Å².